The molecular formula is C26H32N2S4. The van der Waals surface area contributed by atoms with E-state index >= 15 is 0 Å². The van der Waals surface area contributed by atoms with E-state index in [9.17, 15) is 0 Å². The van der Waals surface area contributed by atoms with Crippen LogP contribution in [0, 0.1) is 0 Å². The zero-order chi connectivity index (χ0) is 21.3. The summed E-state index contributed by atoms with van der Waals surface area (Å²) < 4.78 is 0.969. The molecule has 0 aromatic heterocycles. The highest BCUT2D eigenvalue weighted by atomic mass is 33.1. The van der Waals surface area contributed by atoms with Crippen molar-refractivity contribution in [3.8, 4) is 0 Å². The largest absolute Gasteiger partial charge is 0.346 e. The second-order valence-electron chi connectivity index (χ2n) is 9.38. The second-order valence-corrected chi connectivity index (χ2v) is 14.6. The summed E-state index contributed by atoms with van der Waals surface area (Å²) >= 11 is 4.16. The zero-order valence-corrected chi connectivity index (χ0v) is 21.8. The summed E-state index contributed by atoms with van der Waals surface area (Å²) in [6.07, 6.45) is 13.8. The van der Waals surface area contributed by atoms with Gasteiger partial charge in [-0.3, -0.25) is 0 Å². The van der Waals surface area contributed by atoms with Gasteiger partial charge in [0, 0.05) is 21.9 Å². The lowest BCUT2D eigenvalue weighted by atomic mass is 9.94. The Bertz CT molecular complexity index is 850. The van der Waals surface area contributed by atoms with Crippen LogP contribution in [0.4, 0.5) is 11.4 Å². The molecule has 2 aliphatic heterocycles. The summed E-state index contributed by atoms with van der Waals surface area (Å²) in [7, 11) is 4.24. The van der Waals surface area contributed by atoms with Gasteiger partial charge < -0.3 is 9.80 Å². The molecule has 32 heavy (non-hydrogen) atoms. The highest BCUT2D eigenvalue weighted by molar-refractivity contribution is 8.80. The van der Waals surface area contributed by atoms with Gasteiger partial charge in [-0.15, -0.1) is 0 Å². The van der Waals surface area contributed by atoms with Gasteiger partial charge >= 0.3 is 0 Å². The standard InChI is InChI=1S/C26H32N2S4/c1-3-11-19(12-4-1)27-21-15-7-9-17-23(21)29-25(27)31-32-26-28(20-13-5-2-6-14-20)22-16-8-10-18-24(22)30-26/h7-10,15-20,25-26H,1-6,11-14H2. The van der Waals surface area contributed by atoms with Crippen LogP contribution in [-0.2, 0) is 0 Å². The van der Waals surface area contributed by atoms with Crippen molar-refractivity contribution in [3.05, 3.63) is 48.5 Å². The van der Waals surface area contributed by atoms with E-state index in [-0.39, 0.29) is 0 Å². The van der Waals surface area contributed by atoms with Crippen molar-refractivity contribution in [3.63, 3.8) is 0 Å². The third kappa shape index (κ3) is 4.30. The first kappa shape index (κ1) is 21.9. The van der Waals surface area contributed by atoms with E-state index in [1.807, 2.05) is 0 Å². The van der Waals surface area contributed by atoms with Gasteiger partial charge in [0.25, 0.3) is 0 Å². The lowest BCUT2D eigenvalue weighted by Crippen LogP contribution is -2.40. The summed E-state index contributed by atoms with van der Waals surface area (Å²) in [6.45, 7) is 0. The summed E-state index contributed by atoms with van der Waals surface area (Å²) in [4.78, 5) is 8.52. The average Bonchev–Trinajstić information content (AvgIpc) is 3.41. The molecule has 0 N–H and O–H groups in total. The van der Waals surface area contributed by atoms with Crippen LogP contribution in [0.1, 0.15) is 64.2 Å². The lowest BCUT2D eigenvalue weighted by molar-refractivity contribution is 0.422. The zero-order valence-electron chi connectivity index (χ0n) is 18.5. The Balaban J connectivity index is 1.21. The minimum Gasteiger partial charge on any atom is -0.346 e. The molecule has 2 saturated carbocycles. The van der Waals surface area contributed by atoms with Crippen molar-refractivity contribution in [2.45, 2.75) is 95.5 Å². The first-order valence-corrected chi connectivity index (χ1v) is 16.3. The SMILES string of the molecule is c1ccc2c(c1)SC(SSC1Sc3ccccc3N1C1CCCCC1)N2C1CCCCC1. The highest BCUT2D eigenvalue weighted by Gasteiger charge is 2.40. The summed E-state index contributed by atoms with van der Waals surface area (Å²) in [5.74, 6) is 0. The van der Waals surface area contributed by atoms with Gasteiger partial charge in [0.2, 0.25) is 0 Å². The van der Waals surface area contributed by atoms with Gasteiger partial charge in [0.15, 0.2) is 0 Å². The molecule has 2 unspecified atom stereocenters. The van der Waals surface area contributed by atoms with Crippen molar-refractivity contribution in [2.75, 3.05) is 9.80 Å². The number of hydrogen-bond donors (Lipinski definition) is 0. The van der Waals surface area contributed by atoms with E-state index in [1.54, 1.807) is 0 Å². The van der Waals surface area contributed by atoms with E-state index < -0.39 is 0 Å². The van der Waals surface area contributed by atoms with Gasteiger partial charge in [-0.2, -0.15) is 0 Å². The van der Waals surface area contributed by atoms with Gasteiger partial charge in [0.05, 0.1) is 11.4 Å². The molecule has 2 fully saturated rings. The molecule has 2 aromatic rings. The minimum atomic E-state index is 0.484. The van der Waals surface area contributed by atoms with Crippen molar-refractivity contribution in [2.24, 2.45) is 0 Å². The first-order valence-electron chi connectivity index (χ1n) is 12.3. The van der Waals surface area contributed by atoms with Crippen LogP contribution in [-0.4, -0.2) is 21.5 Å². The van der Waals surface area contributed by atoms with E-state index in [1.165, 1.54) is 85.4 Å². The Morgan fingerprint density at radius 3 is 1.41 bits per heavy atom. The Morgan fingerprint density at radius 2 is 0.969 bits per heavy atom. The van der Waals surface area contributed by atoms with E-state index in [2.05, 4.69) is 103 Å². The van der Waals surface area contributed by atoms with Crippen molar-refractivity contribution >= 4 is 56.5 Å². The molecule has 6 heteroatoms. The third-order valence-corrected chi connectivity index (χ3v) is 13.6. The topological polar surface area (TPSA) is 6.48 Å². The molecule has 0 radical (unpaired) electrons. The molecular weight excluding hydrogens is 469 g/mol. The molecule has 6 rings (SSSR count). The number of thioether (sulfide) groups is 2. The number of nitrogens with zero attached hydrogens (tertiary/aromatic N) is 2. The second kappa shape index (κ2) is 9.97. The Hall–Kier alpha value is -0.560. The third-order valence-electron chi connectivity index (χ3n) is 7.35. The molecule has 0 saturated heterocycles. The molecule has 0 spiro atoms. The van der Waals surface area contributed by atoms with Gasteiger partial charge in [0.1, 0.15) is 9.41 Å². The number of benzene rings is 2. The van der Waals surface area contributed by atoms with Gasteiger partial charge in [-0.25, -0.2) is 0 Å². The maximum Gasteiger partial charge on any atom is 0.137 e. The first-order chi connectivity index (χ1) is 15.9. The fourth-order valence-electron chi connectivity index (χ4n) is 5.78. The molecule has 4 aliphatic rings. The molecule has 0 amide bonds. The van der Waals surface area contributed by atoms with E-state index in [0.29, 0.717) is 21.5 Å². The molecule has 2 aliphatic carbocycles. The van der Waals surface area contributed by atoms with Crippen LogP contribution in [0.3, 0.4) is 0 Å². The van der Waals surface area contributed by atoms with E-state index in [0.717, 1.165) is 0 Å². The highest BCUT2D eigenvalue weighted by Crippen LogP contribution is 2.58. The predicted octanol–water partition coefficient (Wildman–Crippen LogP) is 8.83. The van der Waals surface area contributed by atoms with Crippen LogP contribution in [0.2, 0.25) is 0 Å². The summed E-state index contributed by atoms with van der Waals surface area (Å²) in [5.41, 5.74) is 2.96. The normalized spacial score (nSPS) is 26.4. The summed E-state index contributed by atoms with van der Waals surface area (Å²) in [5, 5.41) is 0. The van der Waals surface area contributed by atoms with Crippen molar-refractivity contribution in [1.29, 1.82) is 0 Å². The lowest BCUT2D eigenvalue weighted by Gasteiger charge is -2.39. The quantitative estimate of drug-likeness (QED) is 0.376. The average molecular weight is 501 g/mol. The smallest absolute Gasteiger partial charge is 0.137 e. The number of fused-ring (bicyclic) bond motifs is 2. The van der Waals surface area contributed by atoms with Crippen LogP contribution < -0.4 is 9.80 Å². The Morgan fingerprint density at radius 1 is 0.562 bits per heavy atom. The van der Waals surface area contributed by atoms with Crippen LogP contribution in [0.25, 0.3) is 0 Å². The molecule has 170 valence electrons. The van der Waals surface area contributed by atoms with Gasteiger partial charge in [-0.05, 0) is 49.9 Å². The Kier molecular flexibility index (Phi) is 6.84. The number of anilines is 2. The number of para-hydroxylation sites is 2. The molecule has 0 bridgehead atoms. The van der Waals surface area contributed by atoms with Gasteiger partial charge in [-0.1, -0.05) is 108 Å². The maximum absolute atomic E-state index is 2.79. The fourth-order valence-corrected chi connectivity index (χ4v) is 12.5. The predicted molar refractivity (Wildman–Crippen MR) is 146 cm³/mol. The number of rotatable bonds is 5. The van der Waals surface area contributed by atoms with Crippen molar-refractivity contribution < 1.29 is 0 Å². The maximum atomic E-state index is 2.79. The monoisotopic (exact) mass is 500 g/mol. The van der Waals surface area contributed by atoms with Crippen molar-refractivity contribution in [1.82, 2.24) is 0 Å². The molecule has 2 aromatic carbocycles. The Labute approximate surface area is 209 Å². The molecule has 2 heterocycles. The van der Waals surface area contributed by atoms with Crippen LogP contribution >= 0.6 is 45.1 Å². The van der Waals surface area contributed by atoms with Crippen LogP contribution in [0.15, 0.2) is 58.3 Å². The molecule has 2 nitrogen and oxygen atoms in total. The number of hydrogen-bond acceptors (Lipinski definition) is 6. The van der Waals surface area contributed by atoms with Crippen LogP contribution in [0.5, 0.6) is 0 Å². The molecule has 2 atom stereocenters. The van der Waals surface area contributed by atoms with E-state index in [4.69, 9.17) is 0 Å². The summed E-state index contributed by atoms with van der Waals surface area (Å²) in [6, 6.07) is 19.7. The minimum absolute atomic E-state index is 0.484. The fraction of sp³-hybridized carbons (Fsp3) is 0.538.